The summed E-state index contributed by atoms with van der Waals surface area (Å²) in [5, 5.41) is 9.46. The van der Waals surface area contributed by atoms with E-state index in [4.69, 9.17) is 0 Å². The predicted molar refractivity (Wildman–Crippen MR) is 70.7 cm³/mol. The van der Waals surface area contributed by atoms with E-state index < -0.39 is 0 Å². The molecule has 1 heterocycles. The number of nitrogens with zero attached hydrogens (tertiary/aromatic N) is 2. The van der Waals surface area contributed by atoms with E-state index in [2.05, 4.69) is 26.6 Å². The summed E-state index contributed by atoms with van der Waals surface area (Å²) in [5.41, 5.74) is 3.40. The topological polar surface area (TPSA) is 70.7 Å². The Hall–Kier alpha value is -2.17. The molecule has 0 radical (unpaired) electrons. The van der Waals surface area contributed by atoms with Gasteiger partial charge in [-0.3, -0.25) is 9.89 Å². The first kappa shape index (κ1) is 11.9. The van der Waals surface area contributed by atoms with Crippen LogP contribution in [-0.2, 0) is 12.8 Å². The molecule has 2 aromatic rings. The quantitative estimate of drug-likeness (QED) is 0.879. The van der Waals surface area contributed by atoms with Gasteiger partial charge in [-0.15, -0.1) is 0 Å². The number of hydrogen-bond acceptors (Lipinski definition) is 3. The molecule has 1 unspecified atom stereocenters. The third kappa shape index (κ3) is 2.36. The fraction of sp³-hybridized carbons (Fsp3) is 0.357. The molecular weight excluding hydrogens is 240 g/mol. The molecule has 1 aromatic carbocycles. The Kier molecular flexibility index (Phi) is 3.03. The minimum absolute atomic E-state index is 0.0707. The number of benzene rings is 1. The molecule has 2 N–H and O–H groups in total. The van der Waals surface area contributed by atoms with Crippen molar-refractivity contribution in [2.75, 3.05) is 0 Å². The second-order valence-electron chi connectivity index (χ2n) is 4.90. The van der Waals surface area contributed by atoms with Gasteiger partial charge in [0.05, 0.1) is 6.04 Å². The Morgan fingerprint density at radius 2 is 2.21 bits per heavy atom. The van der Waals surface area contributed by atoms with Crippen molar-refractivity contribution in [3.8, 4) is 0 Å². The van der Waals surface area contributed by atoms with Gasteiger partial charge in [-0.1, -0.05) is 6.07 Å². The predicted octanol–water partition coefficient (Wildman–Crippen LogP) is 1.78. The Labute approximate surface area is 111 Å². The highest BCUT2D eigenvalue weighted by Crippen LogP contribution is 2.23. The molecule has 5 nitrogen and oxygen atoms in total. The van der Waals surface area contributed by atoms with Gasteiger partial charge in [0.15, 0.2) is 0 Å². The van der Waals surface area contributed by atoms with Gasteiger partial charge in [-0.2, -0.15) is 5.10 Å². The molecule has 1 aliphatic carbocycles. The van der Waals surface area contributed by atoms with E-state index in [1.807, 2.05) is 19.1 Å². The molecule has 0 bridgehead atoms. The Bertz CT molecular complexity index is 591. The van der Waals surface area contributed by atoms with Gasteiger partial charge in [-0.25, -0.2) is 4.98 Å². The van der Waals surface area contributed by atoms with Crippen LogP contribution in [0, 0.1) is 0 Å². The minimum atomic E-state index is -0.178. The summed E-state index contributed by atoms with van der Waals surface area (Å²) >= 11 is 0. The summed E-state index contributed by atoms with van der Waals surface area (Å²) in [6, 6.07) is 5.79. The highest BCUT2D eigenvalue weighted by atomic mass is 16.1. The third-order valence-corrected chi connectivity index (χ3v) is 3.55. The first-order chi connectivity index (χ1) is 9.24. The largest absolute Gasteiger partial charge is 0.342 e. The number of aromatic nitrogens is 3. The zero-order valence-electron chi connectivity index (χ0n) is 10.8. The van der Waals surface area contributed by atoms with Crippen LogP contribution in [0.15, 0.2) is 24.5 Å². The maximum absolute atomic E-state index is 12.2. The van der Waals surface area contributed by atoms with Crippen LogP contribution in [-0.4, -0.2) is 21.1 Å². The van der Waals surface area contributed by atoms with Crippen molar-refractivity contribution in [1.29, 1.82) is 0 Å². The second kappa shape index (κ2) is 4.84. The van der Waals surface area contributed by atoms with E-state index in [1.165, 1.54) is 23.9 Å². The number of fused-ring (bicyclic) bond motifs is 1. The van der Waals surface area contributed by atoms with Crippen LogP contribution in [0.3, 0.4) is 0 Å². The number of H-pyrrole nitrogens is 1. The first-order valence-corrected chi connectivity index (χ1v) is 6.52. The van der Waals surface area contributed by atoms with Crippen LogP contribution in [0.25, 0.3) is 0 Å². The Morgan fingerprint density at radius 3 is 3.00 bits per heavy atom. The molecule has 0 saturated heterocycles. The summed E-state index contributed by atoms with van der Waals surface area (Å²) in [7, 11) is 0. The lowest BCUT2D eigenvalue weighted by Crippen LogP contribution is -2.27. The normalized spacial score (nSPS) is 15.0. The number of carbonyl (C=O) groups excluding carboxylic acids is 1. The van der Waals surface area contributed by atoms with E-state index in [0.717, 1.165) is 12.8 Å². The zero-order chi connectivity index (χ0) is 13.2. The van der Waals surface area contributed by atoms with Crippen molar-refractivity contribution >= 4 is 5.91 Å². The van der Waals surface area contributed by atoms with Crippen LogP contribution in [0.1, 0.15) is 46.7 Å². The van der Waals surface area contributed by atoms with E-state index in [-0.39, 0.29) is 11.9 Å². The number of amides is 1. The van der Waals surface area contributed by atoms with Gasteiger partial charge >= 0.3 is 0 Å². The molecule has 1 amide bonds. The molecule has 1 atom stereocenters. The first-order valence-electron chi connectivity index (χ1n) is 6.52. The maximum atomic E-state index is 12.2. The van der Waals surface area contributed by atoms with E-state index >= 15 is 0 Å². The van der Waals surface area contributed by atoms with Crippen LogP contribution in [0.2, 0.25) is 0 Å². The fourth-order valence-electron chi connectivity index (χ4n) is 2.48. The van der Waals surface area contributed by atoms with Crippen molar-refractivity contribution in [2.45, 2.75) is 32.2 Å². The Morgan fingerprint density at radius 1 is 1.37 bits per heavy atom. The number of hydrogen-bond donors (Lipinski definition) is 2. The molecule has 98 valence electrons. The number of rotatable bonds is 3. The van der Waals surface area contributed by atoms with E-state index in [0.29, 0.717) is 11.4 Å². The van der Waals surface area contributed by atoms with Crippen LogP contribution >= 0.6 is 0 Å². The van der Waals surface area contributed by atoms with Crippen LogP contribution < -0.4 is 5.32 Å². The molecular formula is C14H16N4O. The molecule has 0 saturated carbocycles. The van der Waals surface area contributed by atoms with E-state index in [1.54, 1.807) is 0 Å². The van der Waals surface area contributed by atoms with E-state index in [9.17, 15) is 4.79 Å². The summed E-state index contributed by atoms with van der Waals surface area (Å²) < 4.78 is 0. The summed E-state index contributed by atoms with van der Waals surface area (Å²) in [4.78, 5) is 16.2. The number of carbonyl (C=O) groups is 1. The number of aromatic amines is 1. The van der Waals surface area contributed by atoms with Gasteiger partial charge in [0.1, 0.15) is 12.2 Å². The van der Waals surface area contributed by atoms with Gasteiger partial charge in [0, 0.05) is 5.56 Å². The molecule has 3 rings (SSSR count). The lowest BCUT2D eigenvalue weighted by atomic mass is 10.1. The average Bonchev–Trinajstić information content (AvgIpc) is 3.09. The van der Waals surface area contributed by atoms with Gasteiger partial charge < -0.3 is 5.32 Å². The summed E-state index contributed by atoms with van der Waals surface area (Å²) in [6.45, 7) is 1.88. The highest BCUT2D eigenvalue weighted by Gasteiger charge is 2.16. The summed E-state index contributed by atoms with van der Waals surface area (Å²) in [6.07, 6.45) is 4.84. The lowest BCUT2D eigenvalue weighted by Gasteiger charge is -2.11. The monoisotopic (exact) mass is 256 g/mol. The molecule has 5 heteroatoms. The molecule has 1 aromatic heterocycles. The highest BCUT2D eigenvalue weighted by molar-refractivity contribution is 5.94. The molecule has 0 aliphatic heterocycles. The molecule has 1 aliphatic rings. The van der Waals surface area contributed by atoms with Crippen molar-refractivity contribution < 1.29 is 4.79 Å². The van der Waals surface area contributed by atoms with Crippen molar-refractivity contribution in [3.63, 3.8) is 0 Å². The van der Waals surface area contributed by atoms with Gasteiger partial charge in [-0.05, 0) is 49.4 Å². The number of nitrogens with one attached hydrogen (secondary N) is 2. The molecule has 0 fully saturated rings. The fourth-order valence-corrected chi connectivity index (χ4v) is 2.48. The maximum Gasteiger partial charge on any atom is 0.251 e. The van der Waals surface area contributed by atoms with Crippen molar-refractivity contribution in [1.82, 2.24) is 20.5 Å². The van der Waals surface area contributed by atoms with Crippen LogP contribution in [0.4, 0.5) is 0 Å². The third-order valence-electron chi connectivity index (χ3n) is 3.55. The lowest BCUT2D eigenvalue weighted by molar-refractivity contribution is 0.0938. The number of aryl methyl sites for hydroxylation is 2. The second-order valence-corrected chi connectivity index (χ2v) is 4.90. The van der Waals surface area contributed by atoms with Gasteiger partial charge in [0.2, 0.25) is 0 Å². The molecule has 0 spiro atoms. The van der Waals surface area contributed by atoms with Gasteiger partial charge in [0.25, 0.3) is 5.91 Å². The molecule has 19 heavy (non-hydrogen) atoms. The summed E-state index contributed by atoms with van der Waals surface area (Å²) in [5.74, 6) is 0.591. The average molecular weight is 256 g/mol. The zero-order valence-corrected chi connectivity index (χ0v) is 10.8. The smallest absolute Gasteiger partial charge is 0.251 e. The standard InChI is InChI=1S/C14H16N4O/c1-9(13-15-8-16-18-13)17-14(19)12-6-5-10-3-2-4-11(10)7-12/h5-9H,2-4H2,1H3,(H,17,19)(H,15,16,18). The minimum Gasteiger partial charge on any atom is -0.342 e. The van der Waals surface area contributed by atoms with Crippen molar-refractivity contribution in [2.24, 2.45) is 0 Å². The van der Waals surface area contributed by atoms with Crippen LogP contribution in [0.5, 0.6) is 0 Å². The SMILES string of the molecule is CC(NC(=O)c1ccc2c(c1)CCC2)c1ncn[nH]1. The Balaban J connectivity index is 1.74. The van der Waals surface area contributed by atoms with Crippen molar-refractivity contribution in [3.05, 3.63) is 47.0 Å².